The smallest absolute Gasteiger partial charge is 0.105 e. The maximum absolute atomic E-state index is 2.44. The van der Waals surface area contributed by atoms with Crippen LogP contribution in [0.1, 0.15) is 192 Å². The van der Waals surface area contributed by atoms with Gasteiger partial charge in [-0.2, -0.15) is 0 Å². The summed E-state index contributed by atoms with van der Waals surface area (Å²) in [6.45, 7) is 9.52. The van der Waals surface area contributed by atoms with E-state index in [-0.39, 0.29) is 0 Å². The Labute approximate surface area is 306 Å². The Balaban J connectivity index is 1.74. The van der Waals surface area contributed by atoms with Gasteiger partial charge in [0.15, 0.2) is 0 Å². The summed E-state index contributed by atoms with van der Waals surface area (Å²) in [5.74, 6) is 0. The molecule has 0 aromatic heterocycles. The molecule has 2 aromatic rings. The van der Waals surface area contributed by atoms with E-state index < -0.39 is 0 Å². The van der Waals surface area contributed by atoms with E-state index in [1.807, 2.05) is 0 Å². The molecule has 0 heterocycles. The van der Waals surface area contributed by atoms with Crippen LogP contribution in [0.2, 0.25) is 0 Å². The van der Waals surface area contributed by atoms with Crippen LogP contribution in [0.15, 0.2) is 85.0 Å². The lowest BCUT2D eigenvalue weighted by molar-refractivity contribution is -0.954. The second kappa shape index (κ2) is 31.8. The third kappa shape index (κ3) is 24.6. The molecule has 0 atom stereocenters. The van der Waals surface area contributed by atoms with Crippen molar-refractivity contribution in [2.75, 3.05) is 13.1 Å². The lowest BCUT2D eigenvalue weighted by atomic mass is 10.0. The fourth-order valence-corrected chi connectivity index (χ4v) is 7.46. The average molecular weight is 671 g/mol. The highest BCUT2D eigenvalue weighted by Gasteiger charge is 2.27. The minimum Gasteiger partial charge on any atom is -0.316 e. The van der Waals surface area contributed by atoms with E-state index in [2.05, 4.69) is 98.8 Å². The van der Waals surface area contributed by atoms with Gasteiger partial charge in [-0.1, -0.05) is 189 Å². The molecule has 0 N–H and O–H groups in total. The Bertz CT molecular complexity index is 922. The predicted molar refractivity (Wildman–Crippen MR) is 220 cm³/mol. The Hall–Kier alpha value is -2.12. The number of hydrogen-bond donors (Lipinski definition) is 0. The van der Waals surface area contributed by atoms with E-state index in [9.17, 15) is 0 Å². The Morgan fingerprint density at radius 1 is 0.347 bits per heavy atom. The Morgan fingerprint density at radius 3 is 0.959 bits per heavy atom. The van der Waals surface area contributed by atoms with Gasteiger partial charge >= 0.3 is 0 Å². The highest BCUT2D eigenvalue weighted by molar-refractivity contribution is 5.15. The third-order valence-electron chi connectivity index (χ3n) is 10.5. The number of unbranched alkanes of at least 4 members (excludes halogenated alkanes) is 22. The molecule has 2 aromatic carbocycles. The first-order valence-corrected chi connectivity index (χ1v) is 21.5. The first kappa shape index (κ1) is 43.0. The fourth-order valence-electron chi connectivity index (χ4n) is 7.46. The van der Waals surface area contributed by atoms with Gasteiger partial charge in [-0.15, -0.1) is 0 Å². The molecule has 0 amide bonds. The van der Waals surface area contributed by atoms with E-state index in [1.165, 1.54) is 196 Å². The molecule has 0 saturated heterocycles. The van der Waals surface area contributed by atoms with Crippen molar-refractivity contribution < 1.29 is 4.48 Å². The van der Waals surface area contributed by atoms with E-state index in [4.69, 9.17) is 0 Å². The van der Waals surface area contributed by atoms with Crippen LogP contribution in [-0.2, 0) is 13.1 Å². The molecule has 0 aliphatic heterocycles. The lowest BCUT2D eigenvalue weighted by Gasteiger charge is -2.39. The van der Waals surface area contributed by atoms with Gasteiger partial charge in [-0.25, -0.2) is 0 Å². The van der Waals surface area contributed by atoms with Crippen molar-refractivity contribution in [3.8, 4) is 0 Å². The van der Waals surface area contributed by atoms with Crippen molar-refractivity contribution >= 4 is 0 Å². The van der Waals surface area contributed by atoms with Crippen LogP contribution in [0.25, 0.3) is 0 Å². The summed E-state index contributed by atoms with van der Waals surface area (Å²) >= 11 is 0. The van der Waals surface area contributed by atoms with E-state index in [0.29, 0.717) is 0 Å². The first-order chi connectivity index (χ1) is 24.3. The van der Waals surface area contributed by atoms with Crippen molar-refractivity contribution in [1.82, 2.24) is 0 Å². The molecule has 0 bridgehead atoms. The predicted octanol–water partition coefficient (Wildman–Crippen LogP) is 15.5. The number of nitrogens with zero attached hydrogens (tertiary/aromatic N) is 1. The highest BCUT2D eigenvalue weighted by atomic mass is 15.3. The zero-order valence-corrected chi connectivity index (χ0v) is 32.7. The average Bonchev–Trinajstić information content (AvgIpc) is 3.12. The lowest BCUT2D eigenvalue weighted by Crippen LogP contribution is -2.48. The van der Waals surface area contributed by atoms with Crippen LogP contribution in [0, 0.1) is 0 Å². The van der Waals surface area contributed by atoms with Crippen LogP contribution in [-0.4, -0.2) is 17.6 Å². The molecule has 0 unspecified atom stereocenters. The van der Waals surface area contributed by atoms with Crippen molar-refractivity contribution in [3.05, 3.63) is 96.1 Å². The van der Waals surface area contributed by atoms with Gasteiger partial charge in [0.05, 0.1) is 13.1 Å². The second-order valence-corrected chi connectivity index (χ2v) is 15.2. The summed E-state index contributed by atoms with van der Waals surface area (Å²) in [5.41, 5.74) is 3.01. The molecule has 49 heavy (non-hydrogen) atoms. The van der Waals surface area contributed by atoms with Crippen molar-refractivity contribution in [1.29, 1.82) is 0 Å². The summed E-state index contributed by atoms with van der Waals surface area (Å²) in [6, 6.07) is 22.7. The van der Waals surface area contributed by atoms with Crippen LogP contribution >= 0.6 is 0 Å². The molecule has 0 fully saturated rings. The Kier molecular flexibility index (Phi) is 28.0. The van der Waals surface area contributed by atoms with Crippen LogP contribution < -0.4 is 0 Å². The standard InChI is InChI=1S/C48H80N/c1-3-5-7-9-11-13-15-17-19-21-23-25-27-29-37-43-49(45-47-39-33-31-34-40-47,46-48-41-35-32-36-42-48)44-38-30-28-26-24-22-20-18-16-14-12-10-8-6-4-2/h13-16,31-36,39-42H,3-12,17-30,37-38,43-46H2,1-2H3/q+1/b15-13+,16-14+. The maximum atomic E-state index is 2.44. The fraction of sp³-hybridized carbons (Fsp3) is 0.667. The number of allylic oxidation sites excluding steroid dienone is 4. The zero-order chi connectivity index (χ0) is 34.8. The first-order valence-electron chi connectivity index (χ1n) is 21.5. The van der Waals surface area contributed by atoms with Crippen LogP contribution in [0.3, 0.4) is 0 Å². The zero-order valence-electron chi connectivity index (χ0n) is 32.7. The monoisotopic (exact) mass is 671 g/mol. The number of hydrogen-bond acceptors (Lipinski definition) is 0. The largest absolute Gasteiger partial charge is 0.316 e. The molecule has 1 nitrogen and oxygen atoms in total. The van der Waals surface area contributed by atoms with Gasteiger partial charge in [-0.3, -0.25) is 0 Å². The summed E-state index contributed by atoms with van der Waals surface area (Å²) in [5, 5.41) is 0. The normalized spacial score (nSPS) is 12.1. The highest BCUT2D eigenvalue weighted by Crippen LogP contribution is 2.24. The van der Waals surface area contributed by atoms with Gasteiger partial charge in [-0.05, 0) is 77.0 Å². The minimum absolute atomic E-state index is 1.16. The van der Waals surface area contributed by atoms with Gasteiger partial charge in [0.1, 0.15) is 13.1 Å². The molecule has 0 aliphatic carbocycles. The Morgan fingerprint density at radius 2 is 0.633 bits per heavy atom. The van der Waals surface area contributed by atoms with Gasteiger partial charge in [0.25, 0.3) is 0 Å². The molecule has 0 spiro atoms. The SMILES string of the molecule is CCCCCC/C=C/CCCCCCCCC[N+](CCCCCCCCC/C=C/CCCCCC)(Cc1ccccc1)Cc1ccccc1. The van der Waals surface area contributed by atoms with Crippen LogP contribution in [0.5, 0.6) is 0 Å². The van der Waals surface area contributed by atoms with Crippen molar-refractivity contribution in [2.24, 2.45) is 0 Å². The van der Waals surface area contributed by atoms with Crippen molar-refractivity contribution in [2.45, 2.75) is 194 Å². The minimum atomic E-state index is 1.16. The summed E-state index contributed by atoms with van der Waals surface area (Å²) in [7, 11) is 0. The molecular formula is C48H80N+. The second-order valence-electron chi connectivity index (χ2n) is 15.2. The van der Waals surface area contributed by atoms with E-state index in [1.54, 1.807) is 0 Å². The van der Waals surface area contributed by atoms with E-state index in [0.717, 1.165) is 13.1 Å². The van der Waals surface area contributed by atoms with Crippen molar-refractivity contribution in [3.63, 3.8) is 0 Å². The summed E-state index contributed by atoms with van der Waals surface area (Å²) in [4.78, 5) is 0. The van der Waals surface area contributed by atoms with Crippen LogP contribution in [0.4, 0.5) is 0 Å². The topological polar surface area (TPSA) is 0 Å². The molecule has 1 heteroatoms. The molecule has 276 valence electrons. The van der Waals surface area contributed by atoms with Gasteiger partial charge in [0, 0.05) is 11.1 Å². The molecule has 0 saturated carbocycles. The number of rotatable bonds is 34. The molecule has 0 aliphatic rings. The van der Waals surface area contributed by atoms with Gasteiger partial charge in [0.2, 0.25) is 0 Å². The number of benzene rings is 2. The van der Waals surface area contributed by atoms with Gasteiger partial charge < -0.3 is 4.48 Å². The molecule has 0 radical (unpaired) electrons. The molecule has 2 rings (SSSR count). The quantitative estimate of drug-likeness (QED) is 0.0395. The van der Waals surface area contributed by atoms with E-state index >= 15 is 0 Å². The summed E-state index contributed by atoms with van der Waals surface area (Å²) in [6.07, 6.45) is 45.4. The molecular weight excluding hydrogens is 591 g/mol. The number of quaternary nitrogens is 1. The maximum Gasteiger partial charge on any atom is 0.105 e. The summed E-state index contributed by atoms with van der Waals surface area (Å²) < 4.78 is 1.21. The third-order valence-corrected chi connectivity index (χ3v) is 10.5.